The quantitative estimate of drug-likeness (QED) is 0.209. The van der Waals surface area contributed by atoms with E-state index in [1.807, 2.05) is 60.7 Å². The molecule has 5 nitrogen and oxygen atoms in total. The first-order chi connectivity index (χ1) is 18.9. The van der Waals surface area contributed by atoms with Gasteiger partial charge in [0.05, 0.1) is 16.6 Å². The molecule has 5 rings (SSSR count). The van der Waals surface area contributed by atoms with Crippen molar-refractivity contribution in [3.63, 3.8) is 0 Å². The second-order valence-corrected chi connectivity index (χ2v) is 12.5. The van der Waals surface area contributed by atoms with Crippen LogP contribution >= 0.6 is 11.6 Å². The monoisotopic (exact) mass is 554 g/mol. The number of carboxylic acids is 1. The second-order valence-electron chi connectivity index (χ2n) is 12.1. The summed E-state index contributed by atoms with van der Waals surface area (Å²) in [6, 6.07) is 26.1. The predicted molar refractivity (Wildman–Crippen MR) is 162 cm³/mol. The van der Waals surface area contributed by atoms with Crippen molar-refractivity contribution in [2.75, 3.05) is 0 Å². The van der Waals surface area contributed by atoms with Crippen molar-refractivity contribution < 1.29 is 14.6 Å². The molecule has 0 amide bonds. The lowest BCUT2D eigenvalue weighted by molar-refractivity contribution is -0.146. The number of nitrogens with zero attached hydrogens (tertiary/aromatic N) is 2. The molecule has 0 saturated heterocycles. The van der Waals surface area contributed by atoms with Gasteiger partial charge in [0.15, 0.2) is 0 Å². The molecule has 40 heavy (non-hydrogen) atoms. The predicted octanol–water partition coefficient (Wildman–Crippen LogP) is 8.42. The molecule has 0 bridgehead atoms. The summed E-state index contributed by atoms with van der Waals surface area (Å²) in [7, 11) is 0. The van der Waals surface area contributed by atoms with Gasteiger partial charge in [-0.3, -0.25) is 4.79 Å². The van der Waals surface area contributed by atoms with Gasteiger partial charge in [0.1, 0.15) is 12.4 Å². The molecule has 3 aromatic carbocycles. The molecule has 5 aromatic rings. The average molecular weight is 555 g/mol. The molecule has 0 aliphatic rings. The fourth-order valence-electron chi connectivity index (χ4n) is 5.29. The molecule has 0 spiro atoms. The number of carbonyl (C=O) groups is 1. The lowest BCUT2D eigenvalue weighted by atomic mass is 9.80. The zero-order chi connectivity index (χ0) is 28.7. The van der Waals surface area contributed by atoms with E-state index in [1.54, 1.807) is 13.8 Å². The van der Waals surface area contributed by atoms with Crippen LogP contribution in [0, 0.1) is 5.41 Å². The van der Waals surface area contributed by atoms with Crippen LogP contribution in [-0.2, 0) is 29.8 Å². The van der Waals surface area contributed by atoms with Crippen LogP contribution in [0.25, 0.3) is 21.8 Å². The Balaban J connectivity index is 1.59. The molecular weight excluding hydrogens is 520 g/mol. The average Bonchev–Trinajstić information content (AvgIpc) is 3.20. The van der Waals surface area contributed by atoms with Gasteiger partial charge in [0.25, 0.3) is 0 Å². The van der Waals surface area contributed by atoms with Crippen molar-refractivity contribution in [3.8, 4) is 5.75 Å². The molecule has 0 saturated carbocycles. The summed E-state index contributed by atoms with van der Waals surface area (Å²) in [6.07, 6.45) is 0.397. The Kier molecular flexibility index (Phi) is 7.36. The number of aliphatic carboxylic acids is 1. The third-order valence-electron chi connectivity index (χ3n) is 7.38. The maximum absolute atomic E-state index is 12.2. The van der Waals surface area contributed by atoms with Crippen LogP contribution in [0.15, 0.2) is 78.9 Å². The molecule has 0 radical (unpaired) electrons. The van der Waals surface area contributed by atoms with Crippen LogP contribution in [0.3, 0.4) is 0 Å². The van der Waals surface area contributed by atoms with Gasteiger partial charge >= 0.3 is 5.97 Å². The van der Waals surface area contributed by atoms with E-state index >= 15 is 0 Å². The number of halogens is 1. The summed E-state index contributed by atoms with van der Waals surface area (Å²) < 4.78 is 8.52. The molecule has 0 aliphatic carbocycles. The van der Waals surface area contributed by atoms with E-state index in [2.05, 4.69) is 43.5 Å². The van der Waals surface area contributed by atoms with E-state index in [4.69, 9.17) is 21.3 Å². The van der Waals surface area contributed by atoms with E-state index in [9.17, 15) is 9.90 Å². The first-order valence-corrected chi connectivity index (χ1v) is 13.9. The zero-order valence-electron chi connectivity index (χ0n) is 23.7. The summed E-state index contributed by atoms with van der Waals surface area (Å²) in [4.78, 5) is 17.0. The van der Waals surface area contributed by atoms with Crippen LogP contribution in [0.1, 0.15) is 57.1 Å². The smallest absolute Gasteiger partial charge is 0.309 e. The summed E-state index contributed by atoms with van der Waals surface area (Å²) >= 11 is 6.16. The number of benzene rings is 3. The number of carboxylic acid groups (broad SMARTS) is 1. The zero-order valence-corrected chi connectivity index (χ0v) is 24.4. The van der Waals surface area contributed by atoms with Gasteiger partial charge in [-0.15, -0.1) is 0 Å². The molecule has 6 heteroatoms. The van der Waals surface area contributed by atoms with E-state index in [0.717, 1.165) is 50.1 Å². The Morgan fingerprint density at radius 1 is 0.950 bits per heavy atom. The highest BCUT2D eigenvalue weighted by atomic mass is 35.5. The lowest BCUT2D eigenvalue weighted by Gasteiger charge is -2.26. The number of rotatable bonds is 8. The summed E-state index contributed by atoms with van der Waals surface area (Å²) in [5.74, 6) is -0.0665. The SMILES string of the molecule is CC(C)(Cc1c(C(C)(C)C)c2cc(OCc3ccc4ccccc4n3)ccc2n1Cc1ccc(Cl)cc1)C(=O)O. The van der Waals surface area contributed by atoms with Crippen LogP contribution in [-0.4, -0.2) is 20.6 Å². The standard InChI is InChI=1S/C34H35ClN2O3/c1-33(2,3)31-27-18-26(40-21-25-15-12-23-8-6-7-9-28(23)36-25)16-17-29(27)37(20-22-10-13-24(35)14-11-22)30(31)19-34(4,5)32(38)39/h6-18H,19-21H2,1-5H3,(H,38,39). The fourth-order valence-corrected chi connectivity index (χ4v) is 5.42. The number of fused-ring (bicyclic) bond motifs is 2. The molecule has 0 atom stereocenters. The highest BCUT2D eigenvalue weighted by Gasteiger charge is 2.34. The maximum Gasteiger partial charge on any atom is 0.309 e. The minimum absolute atomic E-state index is 0.230. The van der Waals surface area contributed by atoms with Crippen molar-refractivity contribution >= 4 is 39.4 Å². The van der Waals surface area contributed by atoms with Crippen molar-refractivity contribution in [3.05, 3.63) is 106 Å². The number of ether oxygens (including phenoxy) is 1. The number of para-hydroxylation sites is 1. The molecular formula is C34H35ClN2O3. The van der Waals surface area contributed by atoms with Crippen molar-refractivity contribution in [1.29, 1.82) is 0 Å². The highest BCUT2D eigenvalue weighted by Crippen LogP contribution is 2.40. The maximum atomic E-state index is 12.2. The van der Waals surface area contributed by atoms with E-state index in [0.29, 0.717) is 24.6 Å². The van der Waals surface area contributed by atoms with Gasteiger partial charge in [-0.2, -0.15) is 0 Å². The fraction of sp³-hybridized carbons (Fsp3) is 0.294. The third kappa shape index (κ3) is 5.71. The topological polar surface area (TPSA) is 64.4 Å². The van der Waals surface area contributed by atoms with Gasteiger partial charge in [-0.1, -0.05) is 68.8 Å². The molecule has 206 valence electrons. The molecule has 1 N–H and O–H groups in total. The van der Waals surface area contributed by atoms with E-state index in [-0.39, 0.29) is 5.41 Å². The number of hydrogen-bond donors (Lipinski definition) is 1. The number of hydrogen-bond acceptors (Lipinski definition) is 3. The highest BCUT2D eigenvalue weighted by molar-refractivity contribution is 6.30. The normalized spacial score (nSPS) is 12.2. The van der Waals surface area contributed by atoms with Crippen LogP contribution in [0.4, 0.5) is 0 Å². The molecule has 2 heterocycles. The van der Waals surface area contributed by atoms with E-state index < -0.39 is 11.4 Å². The van der Waals surface area contributed by atoms with Gasteiger partial charge in [0.2, 0.25) is 0 Å². The third-order valence-corrected chi connectivity index (χ3v) is 7.63. The van der Waals surface area contributed by atoms with Crippen LogP contribution in [0.2, 0.25) is 5.02 Å². The Bertz CT molecular complexity index is 1700. The summed E-state index contributed by atoms with van der Waals surface area (Å²) in [5.41, 5.74) is 4.95. The van der Waals surface area contributed by atoms with Gasteiger partial charge in [-0.05, 0) is 72.9 Å². The van der Waals surface area contributed by atoms with Crippen molar-refractivity contribution in [2.24, 2.45) is 5.41 Å². The first-order valence-electron chi connectivity index (χ1n) is 13.5. The number of aromatic nitrogens is 2. The summed E-state index contributed by atoms with van der Waals surface area (Å²) in [5, 5.41) is 12.9. The Morgan fingerprint density at radius 3 is 2.38 bits per heavy atom. The Hall–Kier alpha value is -3.83. The molecule has 2 aromatic heterocycles. The molecule has 0 aliphatic heterocycles. The largest absolute Gasteiger partial charge is 0.487 e. The van der Waals surface area contributed by atoms with Crippen molar-refractivity contribution in [2.45, 2.75) is 59.6 Å². The minimum atomic E-state index is -0.937. The minimum Gasteiger partial charge on any atom is -0.487 e. The molecule has 0 unspecified atom stereocenters. The molecule has 0 fully saturated rings. The summed E-state index contributed by atoms with van der Waals surface area (Å²) in [6.45, 7) is 11.1. The van der Waals surface area contributed by atoms with Gasteiger partial charge in [0, 0.05) is 40.0 Å². The second kappa shape index (κ2) is 10.6. The Morgan fingerprint density at radius 2 is 1.68 bits per heavy atom. The first kappa shape index (κ1) is 27.7. The number of pyridine rings is 1. The lowest BCUT2D eigenvalue weighted by Crippen LogP contribution is -2.29. The van der Waals surface area contributed by atoms with Crippen LogP contribution in [0.5, 0.6) is 5.75 Å². The van der Waals surface area contributed by atoms with Gasteiger partial charge in [-0.25, -0.2) is 4.98 Å². The van der Waals surface area contributed by atoms with Crippen molar-refractivity contribution in [1.82, 2.24) is 9.55 Å². The van der Waals surface area contributed by atoms with Gasteiger partial charge < -0.3 is 14.4 Å². The Labute approximate surface area is 240 Å². The van der Waals surface area contributed by atoms with E-state index in [1.165, 1.54) is 0 Å². The van der Waals surface area contributed by atoms with Crippen LogP contribution < -0.4 is 4.74 Å².